The molecule has 2 aromatic rings. The molecule has 27 heavy (non-hydrogen) atoms. The second kappa shape index (κ2) is 9.07. The SMILES string of the molecule is COCCN(C)C[C@@H]1CN(C(=O)c2cn(-c3ccccc3)nn2)C[C@@H]1CO. The van der Waals surface area contributed by atoms with Gasteiger partial charge in [-0.2, -0.15) is 0 Å². The molecule has 0 saturated carbocycles. The largest absolute Gasteiger partial charge is 0.396 e. The summed E-state index contributed by atoms with van der Waals surface area (Å²) in [5.41, 5.74) is 1.18. The van der Waals surface area contributed by atoms with Crippen molar-refractivity contribution in [3.8, 4) is 5.69 Å². The molecule has 1 saturated heterocycles. The van der Waals surface area contributed by atoms with Gasteiger partial charge < -0.3 is 19.6 Å². The molecule has 8 heteroatoms. The van der Waals surface area contributed by atoms with Gasteiger partial charge in [0.25, 0.3) is 5.91 Å². The number of para-hydroxylation sites is 1. The molecule has 1 amide bonds. The zero-order valence-corrected chi connectivity index (χ0v) is 15.9. The minimum absolute atomic E-state index is 0.0723. The maximum Gasteiger partial charge on any atom is 0.276 e. The lowest BCUT2D eigenvalue weighted by molar-refractivity contribution is 0.0772. The average molecular weight is 373 g/mol. The van der Waals surface area contributed by atoms with Crippen molar-refractivity contribution in [2.24, 2.45) is 11.8 Å². The Bertz CT molecular complexity index is 736. The Morgan fingerprint density at radius 2 is 2.04 bits per heavy atom. The Balaban J connectivity index is 1.64. The molecule has 8 nitrogen and oxygen atoms in total. The average Bonchev–Trinajstić information content (AvgIpc) is 3.34. The number of nitrogens with zero attached hydrogens (tertiary/aromatic N) is 5. The summed E-state index contributed by atoms with van der Waals surface area (Å²) in [6, 6.07) is 9.57. The molecule has 2 atom stereocenters. The van der Waals surface area contributed by atoms with Crippen LogP contribution in [-0.4, -0.2) is 89.4 Å². The summed E-state index contributed by atoms with van der Waals surface area (Å²) >= 11 is 0. The van der Waals surface area contributed by atoms with Gasteiger partial charge >= 0.3 is 0 Å². The number of carbonyl (C=O) groups excluding carboxylic acids is 1. The molecule has 3 rings (SSSR count). The van der Waals surface area contributed by atoms with Crippen molar-refractivity contribution in [3.05, 3.63) is 42.2 Å². The molecule has 146 valence electrons. The first kappa shape index (κ1) is 19.5. The summed E-state index contributed by atoms with van der Waals surface area (Å²) < 4.78 is 6.71. The highest BCUT2D eigenvalue weighted by Gasteiger charge is 2.36. The van der Waals surface area contributed by atoms with E-state index in [-0.39, 0.29) is 24.3 Å². The summed E-state index contributed by atoms with van der Waals surface area (Å²) in [4.78, 5) is 16.8. The highest BCUT2D eigenvalue weighted by molar-refractivity contribution is 5.92. The third-order valence-electron chi connectivity index (χ3n) is 5.05. The van der Waals surface area contributed by atoms with E-state index in [1.807, 2.05) is 37.4 Å². The monoisotopic (exact) mass is 373 g/mol. The summed E-state index contributed by atoms with van der Waals surface area (Å²) in [7, 11) is 3.71. The molecular weight excluding hydrogens is 346 g/mol. The molecule has 1 aromatic heterocycles. The number of likely N-dealkylation sites (tertiary alicyclic amines) is 1. The minimum Gasteiger partial charge on any atom is -0.396 e. The number of hydrogen-bond acceptors (Lipinski definition) is 6. The van der Waals surface area contributed by atoms with Gasteiger partial charge in [0.2, 0.25) is 0 Å². The number of aliphatic hydroxyl groups excluding tert-OH is 1. The maximum atomic E-state index is 12.9. The number of likely N-dealkylation sites (N-methyl/N-ethyl adjacent to an activating group) is 1. The molecule has 0 radical (unpaired) electrons. The van der Waals surface area contributed by atoms with Crippen molar-refractivity contribution in [2.75, 3.05) is 53.6 Å². The second-order valence-corrected chi connectivity index (χ2v) is 7.05. The predicted molar refractivity (Wildman–Crippen MR) is 101 cm³/mol. The van der Waals surface area contributed by atoms with E-state index in [0.717, 1.165) is 18.8 Å². The van der Waals surface area contributed by atoms with Crippen molar-refractivity contribution in [2.45, 2.75) is 0 Å². The lowest BCUT2D eigenvalue weighted by atomic mass is 9.96. The second-order valence-electron chi connectivity index (χ2n) is 7.05. The first-order chi connectivity index (χ1) is 13.1. The molecule has 1 aliphatic rings. The summed E-state index contributed by atoms with van der Waals surface area (Å²) in [5, 5.41) is 17.8. The Morgan fingerprint density at radius 3 is 2.74 bits per heavy atom. The van der Waals surface area contributed by atoms with Crippen molar-refractivity contribution >= 4 is 5.91 Å². The first-order valence-corrected chi connectivity index (χ1v) is 9.17. The van der Waals surface area contributed by atoms with E-state index in [2.05, 4.69) is 15.2 Å². The Kier molecular flexibility index (Phi) is 6.54. The van der Waals surface area contributed by atoms with Gasteiger partial charge in [0.15, 0.2) is 5.69 Å². The quantitative estimate of drug-likeness (QED) is 0.727. The van der Waals surface area contributed by atoms with Crippen molar-refractivity contribution in [1.82, 2.24) is 24.8 Å². The van der Waals surface area contributed by atoms with E-state index >= 15 is 0 Å². The third-order valence-corrected chi connectivity index (χ3v) is 5.05. The number of ether oxygens (including phenoxy) is 1. The summed E-state index contributed by atoms with van der Waals surface area (Å²) in [6.07, 6.45) is 1.66. The van der Waals surface area contributed by atoms with E-state index < -0.39 is 0 Å². The number of aliphatic hydroxyl groups is 1. The van der Waals surface area contributed by atoms with Gasteiger partial charge in [-0.15, -0.1) is 5.10 Å². The highest BCUT2D eigenvalue weighted by Crippen LogP contribution is 2.25. The van der Waals surface area contributed by atoms with Crippen molar-refractivity contribution in [1.29, 1.82) is 0 Å². The number of benzene rings is 1. The van der Waals surface area contributed by atoms with E-state index in [1.54, 1.807) is 22.9 Å². The van der Waals surface area contributed by atoms with Crippen LogP contribution in [0.4, 0.5) is 0 Å². The molecule has 1 aliphatic heterocycles. The van der Waals surface area contributed by atoms with Crippen LogP contribution in [0, 0.1) is 11.8 Å². The van der Waals surface area contributed by atoms with E-state index in [9.17, 15) is 9.90 Å². The predicted octanol–water partition coefficient (Wildman–Crippen LogP) is 0.526. The van der Waals surface area contributed by atoms with Crippen LogP contribution in [0.2, 0.25) is 0 Å². The van der Waals surface area contributed by atoms with Gasteiger partial charge in [-0.25, -0.2) is 4.68 Å². The van der Waals surface area contributed by atoms with Crippen LogP contribution in [0.25, 0.3) is 5.69 Å². The van der Waals surface area contributed by atoms with Crippen molar-refractivity contribution in [3.63, 3.8) is 0 Å². The molecule has 0 bridgehead atoms. The van der Waals surface area contributed by atoms with Gasteiger partial charge in [0.05, 0.1) is 18.5 Å². The van der Waals surface area contributed by atoms with Crippen LogP contribution in [0.3, 0.4) is 0 Å². The van der Waals surface area contributed by atoms with Gasteiger partial charge in [0.1, 0.15) is 0 Å². The van der Waals surface area contributed by atoms with Gasteiger partial charge in [-0.05, 0) is 25.1 Å². The number of methoxy groups -OCH3 is 1. The molecule has 0 aliphatic carbocycles. The fourth-order valence-electron chi connectivity index (χ4n) is 3.49. The van der Waals surface area contributed by atoms with E-state index in [0.29, 0.717) is 25.4 Å². The van der Waals surface area contributed by atoms with Crippen LogP contribution >= 0.6 is 0 Å². The van der Waals surface area contributed by atoms with Crippen LogP contribution in [-0.2, 0) is 4.74 Å². The number of aromatic nitrogens is 3. The van der Waals surface area contributed by atoms with Crippen molar-refractivity contribution < 1.29 is 14.6 Å². The standard InChI is InChI=1S/C19H27N5O3/c1-22(8-9-27-2)10-15-11-23(12-16(15)14-25)19(26)18-13-24(21-20-18)17-6-4-3-5-7-17/h3-7,13,15-16,25H,8-12,14H2,1-2H3/t15-,16-/m1/s1. The lowest BCUT2D eigenvalue weighted by Gasteiger charge is -2.23. The molecule has 1 N–H and O–H groups in total. The van der Waals surface area contributed by atoms with Crippen LogP contribution in [0.15, 0.2) is 36.5 Å². The van der Waals surface area contributed by atoms with Crippen LogP contribution in [0.1, 0.15) is 10.5 Å². The number of carbonyl (C=O) groups is 1. The van der Waals surface area contributed by atoms with E-state index in [1.165, 1.54) is 0 Å². The molecule has 0 unspecified atom stereocenters. The normalized spacial score (nSPS) is 19.8. The molecular formula is C19H27N5O3. The smallest absolute Gasteiger partial charge is 0.276 e. The Hall–Kier alpha value is -2.29. The van der Waals surface area contributed by atoms with Crippen LogP contribution in [0.5, 0.6) is 0 Å². The molecule has 2 heterocycles. The third kappa shape index (κ3) is 4.71. The maximum absolute atomic E-state index is 12.9. The topological polar surface area (TPSA) is 83.7 Å². The Labute approximate surface area is 159 Å². The Morgan fingerprint density at radius 1 is 1.30 bits per heavy atom. The summed E-state index contributed by atoms with van der Waals surface area (Å²) in [6.45, 7) is 3.52. The van der Waals surface area contributed by atoms with Gasteiger partial charge in [-0.3, -0.25) is 4.79 Å². The zero-order valence-electron chi connectivity index (χ0n) is 15.9. The number of hydrogen-bond donors (Lipinski definition) is 1. The lowest BCUT2D eigenvalue weighted by Crippen LogP contribution is -2.33. The number of amides is 1. The van der Waals surface area contributed by atoms with E-state index in [4.69, 9.17) is 4.74 Å². The molecule has 1 fully saturated rings. The first-order valence-electron chi connectivity index (χ1n) is 9.17. The van der Waals surface area contributed by atoms with Crippen LogP contribution < -0.4 is 0 Å². The minimum atomic E-state index is -0.141. The molecule has 1 aromatic carbocycles. The zero-order chi connectivity index (χ0) is 19.2. The van der Waals surface area contributed by atoms with Gasteiger partial charge in [-0.1, -0.05) is 23.4 Å². The molecule has 0 spiro atoms. The highest BCUT2D eigenvalue weighted by atomic mass is 16.5. The van der Waals surface area contributed by atoms with Gasteiger partial charge in [0, 0.05) is 45.8 Å². The summed E-state index contributed by atoms with van der Waals surface area (Å²) in [5.74, 6) is 0.158. The fraction of sp³-hybridized carbons (Fsp3) is 0.526. The number of rotatable bonds is 8. The fourth-order valence-corrected chi connectivity index (χ4v) is 3.49.